The Morgan fingerprint density at radius 3 is 2.54 bits per heavy atom. The number of carboxylic acid groups (broad SMARTS) is 1. The molecule has 35 heavy (non-hydrogen) atoms. The molecular weight excluding hydrogens is 466 g/mol. The summed E-state index contributed by atoms with van der Waals surface area (Å²) in [6.07, 6.45) is 1.23. The van der Waals surface area contributed by atoms with Gasteiger partial charge in [-0.1, -0.05) is 48.5 Å². The Labute approximate surface area is 208 Å². The number of aromatic nitrogens is 1. The summed E-state index contributed by atoms with van der Waals surface area (Å²) >= 11 is 1.37. The minimum atomic E-state index is -1.41. The number of H-pyrrole nitrogens is 1. The fourth-order valence-corrected chi connectivity index (χ4v) is 4.81. The molecule has 0 bridgehead atoms. The molecule has 2 atom stereocenters. The average Bonchev–Trinajstić information content (AvgIpc) is 3.22. The number of thioether (sulfide) groups is 1. The predicted molar refractivity (Wildman–Crippen MR) is 138 cm³/mol. The molecule has 9 heteroatoms. The van der Waals surface area contributed by atoms with Gasteiger partial charge in [0, 0.05) is 35.3 Å². The summed E-state index contributed by atoms with van der Waals surface area (Å²) in [6.45, 7) is 3.66. The Morgan fingerprint density at radius 1 is 1.11 bits per heavy atom. The molecule has 0 radical (unpaired) electrons. The van der Waals surface area contributed by atoms with Gasteiger partial charge in [-0.25, -0.2) is 4.79 Å². The van der Waals surface area contributed by atoms with E-state index in [2.05, 4.69) is 15.6 Å². The second-order valence-corrected chi connectivity index (χ2v) is 9.51. The number of hydrogen-bond acceptors (Lipinski definition) is 5. The third kappa shape index (κ3) is 7.51. The first kappa shape index (κ1) is 26.2. The van der Waals surface area contributed by atoms with Crippen LogP contribution in [0.4, 0.5) is 4.79 Å². The van der Waals surface area contributed by atoms with Crippen molar-refractivity contribution in [1.29, 1.82) is 0 Å². The summed E-state index contributed by atoms with van der Waals surface area (Å²) in [5.41, 5.74) is 1.37. The van der Waals surface area contributed by atoms with Gasteiger partial charge in [0.25, 0.3) is 0 Å². The highest BCUT2D eigenvalue weighted by Gasteiger charge is 2.37. The van der Waals surface area contributed by atoms with Gasteiger partial charge in [-0.2, -0.15) is 0 Å². The van der Waals surface area contributed by atoms with Crippen molar-refractivity contribution in [3.63, 3.8) is 0 Å². The first-order chi connectivity index (χ1) is 16.8. The van der Waals surface area contributed by atoms with Crippen LogP contribution in [0.25, 0.3) is 10.9 Å². The van der Waals surface area contributed by atoms with Gasteiger partial charge in [-0.3, -0.25) is 9.59 Å². The maximum Gasteiger partial charge on any atom is 0.405 e. The van der Waals surface area contributed by atoms with Gasteiger partial charge in [-0.05, 0) is 37.5 Å². The number of carbonyl (C=O) groups is 3. The number of esters is 1. The van der Waals surface area contributed by atoms with Crippen molar-refractivity contribution in [3.05, 3.63) is 71.9 Å². The first-order valence-electron chi connectivity index (χ1n) is 11.4. The molecule has 0 aliphatic heterocycles. The van der Waals surface area contributed by atoms with Crippen LogP contribution in [0.5, 0.6) is 0 Å². The van der Waals surface area contributed by atoms with E-state index in [0.717, 1.165) is 22.0 Å². The molecule has 0 saturated carbocycles. The van der Waals surface area contributed by atoms with E-state index in [9.17, 15) is 19.5 Å². The van der Waals surface area contributed by atoms with Crippen molar-refractivity contribution in [2.24, 2.45) is 0 Å². The molecule has 4 N–H and O–H groups in total. The van der Waals surface area contributed by atoms with Crippen LogP contribution in [0.15, 0.2) is 60.8 Å². The predicted octanol–water partition coefficient (Wildman–Crippen LogP) is 3.76. The monoisotopic (exact) mass is 497 g/mol. The molecule has 0 aliphatic rings. The lowest BCUT2D eigenvalue weighted by molar-refractivity contribution is -0.139. The molecule has 0 aliphatic carbocycles. The van der Waals surface area contributed by atoms with Crippen LogP contribution in [0.1, 0.15) is 25.0 Å². The molecule has 2 aromatic carbocycles. The molecule has 3 rings (SSSR count). The topological polar surface area (TPSA) is 121 Å². The van der Waals surface area contributed by atoms with Crippen molar-refractivity contribution < 1.29 is 24.2 Å². The lowest BCUT2D eigenvalue weighted by atomic mass is 9.91. The molecule has 8 nitrogen and oxygen atoms in total. The maximum atomic E-state index is 13.5. The highest BCUT2D eigenvalue weighted by atomic mass is 32.2. The number of para-hydroxylation sites is 1. The first-order valence-corrected chi connectivity index (χ1v) is 12.6. The van der Waals surface area contributed by atoms with Crippen molar-refractivity contribution >= 4 is 40.6 Å². The number of hydrogen-bond donors (Lipinski definition) is 4. The van der Waals surface area contributed by atoms with Crippen molar-refractivity contribution in [2.75, 3.05) is 18.1 Å². The number of ether oxygens (including phenoxy) is 1. The number of aromatic amines is 1. The molecule has 2 amide bonds. The number of carbonyl (C=O) groups excluding carboxylic acids is 2. The van der Waals surface area contributed by atoms with E-state index in [-0.39, 0.29) is 24.2 Å². The summed E-state index contributed by atoms with van der Waals surface area (Å²) in [5, 5.41) is 15.9. The highest BCUT2D eigenvalue weighted by molar-refractivity contribution is 7.99. The summed E-state index contributed by atoms with van der Waals surface area (Å²) < 4.78 is 4.99. The van der Waals surface area contributed by atoms with Crippen LogP contribution in [0, 0.1) is 0 Å². The van der Waals surface area contributed by atoms with E-state index >= 15 is 0 Å². The van der Waals surface area contributed by atoms with E-state index in [1.54, 1.807) is 20.0 Å². The summed E-state index contributed by atoms with van der Waals surface area (Å²) in [4.78, 5) is 40.1. The smallest absolute Gasteiger partial charge is 0.405 e. The SMILES string of the molecule is CCOC(=O)CSCC(Cc1ccccc1)NC(=O)C(C)(Cc1c[nH]c2ccccc12)NC(=O)O. The molecule has 2 unspecified atom stereocenters. The van der Waals surface area contributed by atoms with Crippen LogP contribution in [-0.2, 0) is 27.2 Å². The van der Waals surface area contributed by atoms with Crippen molar-refractivity contribution in [3.8, 4) is 0 Å². The fourth-order valence-electron chi connectivity index (χ4n) is 3.96. The normalized spacial score (nSPS) is 13.5. The van der Waals surface area contributed by atoms with E-state index in [4.69, 9.17) is 4.74 Å². The van der Waals surface area contributed by atoms with Gasteiger partial charge >= 0.3 is 12.1 Å². The van der Waals surface area contributed by atoms with Gasteiger partial charge in [0.2, 0.25) is 5.91 Å². The number of fused-ring (bicyclic) bond motifs is 1. The Kier molecular flexibility index (Phi) is 9.19. The number of benzene rings is 2. The summed E-state index contributed by atoms with van der Waals surface area (Å²) in [5.74, 6) is -0.0909. The van der Waals surface area contributed by atoms with Crippen LogP contribution in [-0.4, -0.2) is 57.8 Å². The van der Waals surface area contributed by atoms with Gasteiger partial charge in [0.15, 0.2) is 0 Å². The fraction of sp³-hybridized carbons (Fsp3) is 0.346. The number of amides is 2. The number of nitrogens with one attached hydrogen (secondary N) is 3. The Bertz CT molecular complexity index is 1150. The van der Waals surface area contributed by atoms with Crippen molar-refractivity contribution in [1.82, 2.24) is 15.6 Å². The van der Waals surface area contributed by atoms with Crippen LogP contribution >= 0.6 is 11.8 Å². The van der Waals surface area contributed by atoms with Crippen LogP contribution in [0.3, 0.4) is 0 Å². The summed E-state index contributed by atoms with van der Waals surface area (Å²) in [7, 11) is 0. The van der Waals surface area contributed by atoms with E-state index in [1.165, 1.54) is 11.8 Å². The van der Waals surface area contributed by atoms with E-state index < -0.39 is 17.5 Å². The zero-order chi connectivity index (χ0) is 25.3. The third-order valence-electron chi connectivity index (χ3n) is 5.61. The van der Waals surface area contributed by atoms with Gasteiger partial charge in [0.1, 0.15) is 5.54 Å². The minimum Gasteiger partial charge on any atom is -0.465 e. The minimum absolute atomic E-state index is 0.170. The largest absolute Gasteiger partial charge is 0.465 e. The Balaban J connectivity index is 1.78. The standard InChI is InChI=1S/C26H31N3O5S/c1-3-34-23(30)17-35-16-20(13-18-9-5-4-6-10-18)28-24(31)26(2,29-25(32)33)14-19-15-27-22-12-8-7-11-21(19)22/h4-12,15,20,27,29H,3,13-14,16-17H2,1-2H3,(H,28,31)(H,32,33). The van der Waals surface area contributed by atoms with Crippen molar-refractivity contribution in [2.45, 2.75) is 38.3 Å². The Hall–Kier alpha value is -3.46. The third-order valence-corrected chi connectivity index (χ3v) is 6.69. The molecule has 0 saturated heterocycles. The molecule has 0 spiro atoms. The van der Waals surface area contributed by atoms with E-state index in [0.29, 0.717) is 18.8 Å². The van der Waals surface area contributed by atoms with Gasteiger partial charge in [0.05, 0.1) is 12.4 Å². The molecule has 1 heterocycles. The van der Waals surface area contributed by atoms with Crippen LogP contribution in [0.2, 0.25) is 0 Å². The molecule has 186 valence electrons. The van der Waals surface area contributed by atoms with E-state index in [1.807, 2.05) is 54.6 Å². The second kappa shape index (κ2) is 12.3. The van der Waals surface area contributed by atoms with Crippen LogP contribution < -0.4 is 10.6 Å². The number of rotatable bonds is 12. The molecular formula is C26H31N3O5S. The lowest BCUT2D eigenvalue weighted by Gasteiger charge is -2.31. The maximum absolute atomic E-state index is 13.5. The Morgan fingerprint density at radius 2 is 1.83 bits per heavy atom. The molecule has 3 aromatic rings. The molecule has 0 fully saturated rings. The molecule has 1 aromatic heterocycles. The van der Waals surface area contributed by atoms with Gasteiger partial charge in [-0.15, -0.1) is 11.8 Å². The second-order valence-electron chi connectivity index (χ2n) is 8.48. The summed E-state index contributed by atoms with van der Waals surface area (Å²) in [6, 6.07) is 17.1. The zero-order valence-electron chi connectivity index (χ0n) is 19.9. The van der Waals surface area contributed by atoms with Gasteiger partial charge < -0.3 is 25.5 Å². The zero-order valence-corrected chi connectivity index (χ0v) is 20.7. The highest BCUT2D eigenvalue weighted by Crippen LogP contribution is 2.23. The average molecular weight is 498 g/mol. The quantitative estimate of drug-likeness (QED) is 0.283. The lowest BCUT2D eigenvalue weighted by Crippen LogP contribution is -2.60.